The molecule has 29 heavy (non-hydrogen) atoms. The highest BCUT2D eigenvalue weighted by molar-refractivity contribution is 8.26. The Kier molecular flexibility index (Phi) is 6.69. The van der Waals surface area contributed by atoms with E-state index in [-0.39, 0.29) is 15.6 Å². The second kappa shape index (κ2) is 8.88. The van der Waals surface area contributed by atoms with E-state index in [0.29, 0.717) is 6.54 Å². The number of allylic oxidation sites excluding steroid dienone is 2. The molecule has 2 aliphatic heterocycles. The van der Waals surface area contributed by atoms with Gasteiger partial charge in [-0.2, -0.15) is 0 Å². The summed E-state index contributed by atoms with van der Waals surface area (Å²) in [6, 6.07) is 7.52. The Morgan fingerprint density at radius 1 is 1.17 bits per heavy atom. The number of carbonyl (C=O) groups excluding carboxylic acids is 2. The zero-order chi connectivity index (χ0) is 21.2. The molecule has 1 fully saturated rings. The third kappa shape index (κ3) is 5.39. The summed E-state index contributed by atoms with van der Waals surface area (Å²) in [5, 5.41) is 11.5. The minimum atomic E-state index is -4.30. The summed E-state index contributed by atoms with van der Waals surface area (Å²) >= 11 is 7.49. The average molecular weight is 471 g/mol. The molecule has 154 valence electrons. The first-order chi connectivity index (χ1) is 13.7. The molecule has 2 heterocycles. The molecule has 0 atom stereocenters. The quantitative estimate of drug-likeness (QED) is 0.322. The number of benzene rings is 1. The molecule has 0 spiro atoms. The summed E-state index contributed by atoms with van der Waals surface area (Å²) in [7, 11) is -4.30. The van der Waals surface area contributed by atoms with Crippen molar-refractivity contribution in [3.63, 3.8) is 0 Å². The van der Waals surface area contributed by atoms with Gasteiger partial charge in [0.25, 0.3) is 5.91 Å². The number of amides is 1. The molecular formula is C17H14N2O6S4-2. The molecule has 8 nitrogen and oxygen atoms in total. The third-order valence-corrected chi connectivity index (χ3v) is 7.27. The summed E-state index contributed by atoms with van der Waals surface area (Å²) in [6.07, 6.45) is 3.41. The number of thioether (sulfide) groups is 2. The molecule has 0 bridgehead atoms. The van der Waals surface area contributed by atoms with E-state index in [1.807, 2.05) is 29.2 Å². The summed E-state index contributed by atoms with van der Waals surface area (Å²) in [5.74, 6) is -2.38. The summed E-state index contributed by atoms with van der Waals surface area (Å²) in [5.41, 5.74) is 0.880. The number of aliphatic carboxylic acids is 1. The van der Waals surface area contributed by atoms with Crippen molar-refractivity contribution in [1.29, 1.82) is 0 Å². The van der Waals surface area contributed by atoms with Gasteiger partial charge in [0.05, 0.1) is 38.3 Å². The van der Waals surface area contributed by atoms with Crippen LogP contribution in [0.3, 0.4) is 0 Å². The lowest BCUT2D eigenvalue weighted by Crippen LogP contribution is -2.40. The van der Waals surface area contributed by atoms with Crippen LogP contribution in [0.5, 0.6) is 0 Å². The monoisotopic (exact) mass is 470 g/mol. The Labute approximate surface area is 181 Å². The van der Waals surface area contributed by atoms with Crippen molar-refractivity contribution in [2.24, 2.45) is 0 Å². The van der Waals surface area contributed by atoms with E-state index in [1.54, 1.807) is 12.2 Å². The van der Waals surface area contributed by atoms with Crippen molar-refractivity contribution in [2.45, 2.75) is 11.3 Å². The fraction of sp³-hybridized carbons (Fsp3) is 0.235. The maximum absolute atomic E-state index is 12.3. The van der Waals surface area contributed by atoms with E-state index in [2.05, 4.69) is 0 Å². The maximum Gasteiger partial charge on any atom is 0.266 e. The zero-order valence-electron chi connectivity index (χ0n) is 14.8. The van der Waals surface area contributed by atoms with Crippen molar-refractivity contribution >= 4 is 67.7 Å². The first-order valence-electron chi connectivity index (χ1n) is 8.29. The minimum Gasteiger partial charge on any atom is -0.748 e. The van der Waals surface area contributed by atoms with Crippen LogP contribution in [0.15, 0.2) is 51.2 Å². The van der Waals surface area contributed by atoms with Gasteiger partial charge in [-0.3, -0.25) is 9.69 Å². The molecule has 0 aliphatic carbocycles. The predicted molar refractivity (Wildman–Crippen MR) is 112 cm³/mol. The van der Waals surface area contributed by atoms with Crippen molar-refractivity contribution < 1.29 is 27.7 Å². The normalized spacial score (nSPS) is 19.5. The summed E-state index contributed by atoms with van der Waals surface area (Å²) in [6.45, 7) is -0.286. The van der Waals surface area contributed by atoms with Gasteiger partial charge in [-0.15, -0.1) is 0 Å². The molecule has 3 rings (SSSR count). The van der Waals surface area contributed by atoms with Crippen LogP contribution in [0, 0.1) is 0 Å². The second-order valence-corrected chi connectivity index (χ2v) is 10.3. The second-order valence-electron chi connectivity index (χ2n) is 6.00. The number of carboxylic acid groups (broad SMARTS) is 1. The van der Waals surface area contributed by atoms with Crippen LogP contribution >= 0.6 is 35.7 Å². The standard InChI is InChI=1S/C17H16N2O6S4/c20-15(21)10-19-16(22)13(28-17(19)26)6-7-14-18(8-3-9-29(23,24)25)11-4-1-2-5-12(11)27-14/h1-2,4-7H,3,8-10H2,(H,20,21)(H,23,24,25)/p-2. The lowest BCUT2D eigenvalue weighted by Gasteiger charge is -2.20. The number of nitrogens with zero attached hydrogens (tertiary/aromatic N) is 2. The number of para-hydroxylation sites is 1. The number of carboxylic acids is 1. The van der Waals surface area contributed by atoms with Crippen LogP contribution in [-0.4, -0.2) is 52.9 Å². The highest BCUT2D eigenvalue weighted by atomic mass is 32.2. The van der Waals surface area contributed by atoms with E-state index in [0.717, 1.165) is 32.3 Å². The van der Waals surface area contributed by atoms with Gasteiger partial charge >= 0.3 is 0 Å². The number of hydrogen-bond acceptors (Lipinski definition) is 10. The highest BCUT2D eigenvalue weighted by Crippen LogP contribution is 2.46. The van der Waals surface area contributed by atoms with Crippen LogP contribution in [0.2, 0.25) is 0 Å². The maximum atomic E-state index is 12.3. The summed E-state index contributed by atoms with van der Waals surface area (Å²) < 4.78 is 32.8. The zero-order valence-corrected chi connectivity index (χ0v) is 18.0. The number of fused-ring (bicyclic) bond motifs is 1. The van der Waals surface area contributed by atoms with Crippen molar-refractivity contribution in [2.75, 3.05) is 23.7 Å². The molecule has 0 radical (unpaired) electrons. The Hall–Kier alpha value is -1.86. The molecule has 1 aromatic carbocycles. The van der Waals surface area contributed by atoms with Gasteiger partial charge in [0, 0.05) is 17.2 Å². The third-order valence-electron chi connectivity index (χ3n) is 3.95. The van der Waals surface area contributed by atoms with Gasteiger partial charge in [0.1, 0.15) is 4.32 Å². The van der Waals surface area contributed by atoms with Crippen molar-refractivity contribution in [3.05, 3.63) is 46.4 Å². The van der Waals surface area contributed by atoms with Gasteiger partial charge in [0.2, 0.25) is 0 Å². The number of hydrogen-bond donors (Lipinski definition) is 0. The van der Waals surface area contributed by atoms with E-state index in [4.69, 9.17) is 12.2 Å². The van der Waals surface area contributed by atoms with E-state index < -0.39 is 34.3 Å². The molecule has 1 saturated heterocycles. The minimum absolute atomic E-state index is 0.142. The number of anilines is 1. The van der Waals surface area contributed by atoms with E-state index >= 15 is 0 Å². The first-order valence-corrected chi connectivity index (χ1v) is 11.9. The van der Waals surface area contributed by atoms with Gasteiger partial charge in [0.15, 0.2) is 0 Å². The molecule has 1 amide bonds. The van der Waals surface area contributed by atoms with E-state index in [9.17, 15) is 27.7 Å². The SMILES string of the molecule is O=C([O-])CN1C(=O)C(=CC=C2Sc3ccccc3N2CCCS(=O)(=O)[O-])SC1=S. The molecule has 12 heteroatoms. The highest BCUT2D eigenvalue weighted by Gasteiger charge is 2.32. The molecule has 0 aromatic heterocycles. The number of carbonyl (C=O) groups is 2. The Morgan fingerprint density at radius 3 is 2.59 bits per heavy atom. The first kappa shape index (κ1) is 21.8. The lowest BCUT2D eigenvalue weighted by atomic mass is 10.3. The molecular weight excluding hydrogens is 456 g/mol. The Morgan fingerprint density at radius 2 is 1.90 bits per heavy atom. The predicted octanol–water partition coefficient (Wildman–Crippen LogP) is 0.870. The Bertz CT molecular complexity index is 1030. The lowest BCUT2D eigenvalue weighted by molar-refractivity contribution is -0.305. The molecule has 0 unspecified atom stereocenters. The molecule has 1 aromatic rings. The smallest absolute Gasteiger partial charge is 0.266 e. The van der Waals surface area contributed by atoms with E-state index in [1.165, 1.54) is 11.8 Å². The number of rotatable bonds is 7. The van der Waals surface area contributed by atoms with Crippen LogP contribution < -0.4 is 10.0 Å². The largest absolute Gasteiger partial charge is 0.748 e. The topological polar surface area (TPSA) is 121 Å². The van der Waals surface area contributed by atoms with Crippen LogP contribution in [0.4, 0.5) is 5.69 Å². The molecule has 2 aliphatic rings. The van der Waals surface area contributed by atoms with Crippen LogP contribution in [-0.2, 0) is 19.7 Å². The summed E-state index contributed by atoms with van der Waals surface area (Å²) in [4.78, 5) is 27.2. The van der Waals surface area contributed by atoms with Crippen molar-refractivity contribution in [3.8, 4) is 0 Å². The van der Waals surface area contributed by atoms with Crippen LogP contribution in [0.25, 0.3) is 0 Å². The Balaban J connectivity index is 1.81. The fourth-order valence-corrected chi connectivity index (χ4v) is 5.50. The van der Waals surface area contributed by atoms with Gasteiger partial charge in [-0.05, 0) is 30.7 Å². The molecule has 0 saturated carbocycles. The van der Waals surface area contributed by atoms with Crippen molar-refractivity contribution in [1.82, 2.24) is 4.90 Å². The van der Waals surface area contributed by atoms with Gasteiger partial charge in [-0.1, -0.05) is 47.9 Å². The van der Waals surface area contributed by atoms with Gasteiger partial charge < -0.3 is 19.4 Å². The van der Waals surface area contributed by atoms with Gasteiger partial charge in [-0.25, -0.2) is 8.42 Å². The molecule has 0 N–H and O–H groups in total. The average Bonchev–Trinajstić information content (AvgIpc) is 3.11. The number of thiocarbonyl (C=S) groups is 1. The van der Waals surface area contributed by atoms with Crippen LogP contribution in [0.1, 0.15) is 6.42 Å². The fourth-order valence-electron chi connectivity index (χ4n) is 2.73.